The Morgan fingerprint density at radius 1 is 1.54 bits per heavy atom. The molecule has 0 saturated heterocycles. The number of carboxylic acids is 1. The molecule has 0 aliphatic carbocycles. The lowest BCUT2D eigenvalue weighted by Crippen LogP contribution is -1.99. The van der Waals surface area contributed by atoms with Crippen molar-refractivity contribution >= 4 is 28.1 Å². The number of hydrogen-bond donors (Lipinski definition) is 1. The van der Waals surface area contributed by atoms with Gasteiger partial charge in [-0.25, -0.2) is 0 Å². The van der Waals surface area contributed by atoms with Gasteiger partial charge < -0.3 is 5.11 Å². The second-order valence-electron chi connectivity index (χ2n) is 2.39. The van der Waals surface area contributed by atoms with Crippen molar-refractivity contribution < 1.29 is 9.90 Å². The molecular formula is C9H8BrNO2. The summed E-state index contributed by atoms with van der Waals surface area (Å²) in [6.45, 7) is -0.193. The van der Waals surface area contributed by atoms with E-state index in [9.17, 15) is 4.79 Å². The minimum atomic E-state index is -0.927. The number of aliphatic imine (C=N–C) groups is 1. The van der Waals surface area contributed by atoms with Crippen molar-refractivity contribution in [2.75, 3.05) is 6.54 Å². The lowest BCUT2D eigenvalue weighted by molar-refractivity contribution is -0.135. The summed E-state index contributed by atoms with van der Waals surface area (Å²) in [6, 6.07) is 7.49. The van der Waals surface area contributed by atoms with Crippen molar-refractivity contribution in [3.63, 3.8) is 0 Å². The van der Waals surface area contributed by atoms with Crippen LogP contribution in [-0.2, 0) is 4.79 Å². The number of benzene rings is 1. The van der Waals surface area contributed by atoms with Crippen LogP contribution in [0.5, 0.6) is 0 Å². The maximum Gasteiger partial charge on any atom is 0.325 e. The average molecular weight is 242 g/mol. The lowest BCUT2D eigenvalue weighted by atomic mass is 10.2. The van der Waals surface area contributed by atoms with Gasteiger partial charge in [0.2, 0.25) is 0 Å². The van der Waals surface area contributed by atoms with E-state index in [1.54, 1.807) is 0 Å². The SMILES string of the molecule is O=C(O)CN=Cc1ccccc1Br. The Labute approximate surface area is 84.2 Å². The van der Waals surface area contributed by atoms with Gasteiger partial charge in [-0.15, -0.1) is 0 Å². The average Bonchev–Trinajstić information content (AvgIpc) is 2.08. The molecule has 13 heavy (non-hydrogen) atoms. The molecule has 1 rings (SSSR count). The Morgan fingerprint density at radius 2 is 2.23 bits per heavy atom. The standard InChI is InChI=1S/C9H8BrNO2/c10-8-4-2-1-3-7(8)5-11-6-9(12)13/h1-5H,6H2,(H,12,13). The molecule has 0 aliphatic rings. The fourth-order valence-electron chi connectivity index (χ4n) is 0.802. The van der Waals surface area contributed by atoms with Crippen molar-refractivity contribution in [3.8, 4) is 0 Å². The Kier molecular flexibility index (Phi) is 3.64. The predicted octanol–water partition coefficient (Wildman–Crippen LogP) is 1.95. The maximum absolute atomic E-state index is 10.1. The third-order valence-electron chi connectivity index (χ3n) is 1.36. The van der Waals surface area contributed by atoms with Gasteiger partial charge in [-0.1, -0.05) is 34.1 Å². The molecule has 0 heterocycles. The summed E-state index contributed by atoms with van der Waals surface area (Å²) in [5.74, 6) is -0.927. The largest absolute Gasteiger partial charge is 0.480 e. The zero-order valence-corrected chi connectivity index (χ0v) is 8.36. The van der Waals surface area contributed by atoms with Gasteiger partial charge in [-0.2, -0.15) is 0 Å². The van der Waals surface area contributed by atoms with Gasteiger partial charge in [0.1, 0.15) is 6.54 Å². The summed E-state index contributed by atoms with van der Waals surface area (Å²) in [5, 5.41) is 8.34. The van der Waals surface area contributed by atoms with Crippen molar-refractivity contribution in [3.05, 3.63) is 34.3 Å². The summed E-state index contributed by atoms with van der Waals surface area (Å²) < 4.78 is 0.907. The molecule has 1 aromatic carbocycles. The van der Waals surface area contributed by atoms with E-state index >= 15 is 0 Å². The number of nitrogens with zero attached hydrogens (tertiary/aromatic N) is 1. The van der Waals surface area contributed by atoms with Crippen LogP contribution < -0.4 is 0 Å². The summed E-state index contributed by atoms with van der Waals surface area (Å²) >= 11 is 3.32. The van der Waals surface area contributed by atoms with E-state index in [1.165, 1.54) is 6.21 Å². The van der Waals surface area contributed by atoms with Crippen LogP contribution in [-0.4, -0.2) is 23.8 Å². The zero-order valence-electron chi connectivity index (χ0n) is 6.77. The van der Waals surface area contributed by atoms with Gasteiger partial charge in [0.25, 0.3) is 0 Å². The zero-order chi connectivity index (χ0) is 9.68. The van der Waals surface area contributed by atoms with Crippen LogP contribution >= 0.6 is 15.9 Å². The molecule has 0 saturated carbocycles. The van der Waals surface area contributed by atoms with Gasteiger partial charge in [0.15, 0.2) is 0 Å². The molecule has 1 aromatic rings. The Morgan fingerprint density at radius 3 is 2.85 bits per heavy atom. The quantitative estimate of drug-likeness (QED) is 0.823. The van der Waals surface area contributed by atoms with Crippen molar-refractivity contribution in [2.24, 2.45) is 4.99 Å². The van der Waals surface area contributed by atoms with E-state index < -0.39 is 5.97 Å². The molecule has 3 nitrogen and oxygen atoms in total. The highest BCUT2D eigenvalue weighted by molar-refractivity contribution is 9.10. The summed E-state index contributed by atoms with van der Waals surface area (Å²) in [5.41, 5.74) is 0.878. The van der Waals surface area contributed by atoms with Crippen LogP contribution in [0.25, 0.3) is 0 Å². The number of aliphatic carboxylic acids is 1. The second-order valence-corrected chi connectivity index (χ2v) is 3.24. The topological polar surface area (TPSA) is 49.7 Å². The molecule has 1 N–H and O–H groups in total. The van der Waals surface area contributed by atoms with E-state index in [1.807, 2.05) is 24.3 Å². The van der Waals surface area contributed by atoms with Crippen LogP contribution in [0.4, 0.5) is 0 Å². The van der Waals surface area contributed by atoms with Crippen LogP contribution in [0.15, 0.2) is 33.7 Å². The first-order valence-corrected chi connectivity index (χ1v) is 4.45. The molecule has 0 amide bonds. The van der Waals surface area contributed by atoms with Gasteiger partial charge >= 0.3 is 5.97 Å². The van der Waals surface area contributed by atoms with Gasteiger partial charge in [-0.3, -0.25) is 9.79 Å². The highest BCUT2D eigenvalue weighted by Crippen LogP contribution is 2.13. The number of carbonyl (C=O) groups is 1. The molecule has 4 heteroatoms. The Bertz CT molecular complexity index is 336. The van der Waals surface area contributed by atoms with E-state index in [-0.39, 0.29) is 6.54 Å². The number of rotatable bonds is 3. The number of halogens is 1. The first-order valence-electron chi connectivity index (χ1n) is 3.66. The van der Waals surface area contributed by atoms with Gasteiger partial charge in [0, 0.05) is 16.3 Å². The first-order chi connectivity index (χ1) is 6.20. The van der Waals surface area contributed by atoms with Crippen LogP contribution in [0.1, 0.15) is 5.56 Å². The fraction of sp³-hybridized carbons (Fsp3) is 0.111. The summed E-state index contributed by atoms with van der Waals surface area (Å²) in [7, 11) is 0. The molecule has 0 spiro atoms. The molecule has 0 unspecified atom stereocenters. The van der Waals surface area contributed by atoms with Gasteiger partial charge in [0.05, 0.1) is 0 Å². The van der Waals surface area contributed by atoms with Crippen molar-refractivity contribution in [1.82, 2.24) is 0 Å². The third-order valence-corrected chi connectivity index (χ3v) is 2.08. The highest BCUT2D eigenvalue weighted by atomic mass is 79.9. The summed E-state index contributed by atoms with van der Waals surface area (Å²) in [4.78, 5) is 13.9. The van der Waals surface area contributed by atoms with E-state index in [4.69, 9.17) is 5.11 Å². The first kappa shape index (κ1) is 9.92. The fourth-order valence-corrected chi connectivity index (χ4v) is 1.19. The summed E-state index contributed by atoms with van der Waals surface area (Å²) in [6.07, 6.45) is 1.54. The van der Waals surface area contributed by atoms with Crippen LogP contribution in [0.3, 0.4) is 0 Å². The number of hydrogen-bond acceptors (Lipinski definition) is 2. The Hall–Kier alpha value is -1.16. The molecule has 0 fully saturated rings. The Balaban J connectivity index is 2.68. The lowest BCUT2D eigenvalue weighted by Gasteiger charge is -1.94. The minimum absolute atomic E-state index is 0.193. The predicted molar refractivity (Wildman–Crippen MR) is 54.2 cm³/mol. The van der Waals surface area contributed by atoms with E-state index in [2.05, 4.69) is 20.9 Å². The normalized spacial score (nSPS) is 10.5. The van der Waals surface area contributed by atoms with Crippen LogP contribution in [0, 0.1) is 0 Å². The molecule has 0 atom stereocenters. The maximum atomic E-state index is 10.1. The molecule has 0 aromatic heterocycles. The third kappa shape index (κ3) is 3.38. The minimum Gasteiger partial charge on any atom is -0.480 e. The van der Waals surface area contributed by atoms with E-state index in [0.717, 1.165) is 10.0 Å². The second kappa shape index (κ2) is 4.77. The van der Waals surface area contributed by atoms with Crippen molar-refractivity contribution in [1.29, 1.82) is 0 Å². The number of carboxylic acid groups (broad SMARTS) is 1. The highest BCUT2D eigenvalue weighted by Gasteiger charge is 1.94. The molecule has 0 bridgehead atoms. The smallest absolute Gasteiger partial charge is 0.325 e. The molecule has 0 aliphatic heterocycles. The van der Waals surface area contributed by atoms with Crippen LogP contribution in [0.2, 0.25) is 0 Å². The monoisotopic (exact) mass is 241 g/mol. The van der Waals surface area contributed by atoms with Crippen molar-refractivity contribution in [2.45, 2.75) is 0 Å². The molecule has 0 radical (unpaired) electrons. The van der Waals surface area contributed by atoms with E-state index in [0.29, 0.717) is 0 Å². The van der Waals surface area contributed by atoms with Gasteiger partial charge in [-0.05, 0) is 6.07 Å². The molecular weight excluding hydrogens is 234 g/mol. The molecule has 68 valence electrons.